The molecule has 1 aliphatic heterocycles. The van der Waals surface area contributed by atoms with Gasteiger partial charge in [-0.15, -0.1) is 0 Å². The maximum Gasteiger partial charge on any atom is 0.0105 e. The molecule has 1 rings (SSSR count). The highest BCUT2D eigenvalue weighted by atomic mass is 15.2. The van der Waals surface area contributed by atoms with Crippen molar-refractivity contribution in [2.24, 2.45) is 23.7 Å². The van der Waals surface area contributed by atoms with Crippen LogP contribution in [-0.2, 0) is 0 Å². The van der Waals surface area contributed by atoms with Gasteiger partial charge in [-0.2, -0.15) is 0 Å². The molecule has 0 aliphatic carbocycles. The molecule has 0 aromatic rings. The molecule has 1 fully saturated rings. The van der Waals surface area contributed by atoms with Gasteiger partial charge in [0.15, 0.2) is 0 Å². The van der Waals surface area contributed by atoms with Crippen molar-refractivity contribution in [2.45, 2.75) is 54.0 Å². The van der Waals surface area contributed by atoms with E-state index in [1.165, 1.54) is 19.5 Å². The fourth-order valence-electron chi connectivity index (χ4n) is 2.86. The van der Waals surface area contributed by atoms with Crippen LogP contribution in [0.15, 0.2) is 0 Å². The van der Waals surface area contributed by atoms with Crippen molar-refractivity contribution >= 4 is 0 Å². The van der Waals surface area contributed by atoms with E-state index in [9.17, 15) is 0 Å². The first-order chi connectivity index (χ1) is 8.41. The zero-order valence-corrected chi connectivity index (χ0v) is 13.4. The van der Waals surface area contributed by atoms with Gasteiger partial charge in [0.25, 0.3) is 0 Å². The molecule has 2 heteroatoms. The normalized spacial score (nSPS) is 25.0. The number of nitrogens with one attached hydrogen (secondary N) is 1. The second-order valence-electron chi connectivity index (χ2n) is 7.06. The first kappa shape index (κ1) is 16.0. The fraction of sp³-hybridized carbons (Fsp3) is 1.00. The maximum absolute atomic E-state index is 3.60. The van der Waals surface area contributed by atoms with Gasteiger partial charge in [-0.05, 0) is 56.7 Å². The second kappa shape index (κ2) is 7.49. The van der Waals surface area contributed by atoms with Gasteiger partial charge in [0.05, 0.1) is 0 Å². The predicted octanol–water partition coefficient (Wildman–Crippen LogP) is 3.23. The molecule has 2 nitrogen and oxygen atoms in total. The molecule has 0 spiro atoms. The van der Waals surface area contributed by atoms with Crippen LogP contribution in [0.25, 0.3) is 0 Å². The quantitative estimate of drug-likeness (QED) is 0.750. The van der Waals surface area contributed by atoms with E-state index in [0.717, 1.165) is 36.8 Å². The van der Waals surface area contributed by atoms with Gasteiger partial charge in [0.2, 0.25) is 0 Å². The van der Waals surface area contributed by atoms with E-state index in [-0.39, 0.29) is 0 Å². The van der Waals surface area contributed by atoms with Gasteiger partial charge in [-0.25, -0.2) is 0 Å². The average Bonchev–Trinajstić information content (AvgIpc) is 2.76. The first-order valence-electron chi connectivity index (χ1n) is 7.86. The number of hydrogen-bond donors (Lipinski definition) is 1. The minimum atomic E-state index is 0.716. The maximum atomic E-state index is 3.60. The van der Waals surface area contributed by atoms with E-state index in [2.05, 4.69) is 51.8 Å². The standard InChI is InChI=1S/C16H34N2/c1-12(2)9-17-10-14(5)15(6)18-8-7-16(11-18)13(3)4/h12-17H,7-11H2,1-6H3. The van der Waals surface area contributed by atoms with Gasteiger partial charge < -0.3 is 10.2 Å². The van der Waals surface area contributed by atoms with Gasteiger partial charge in [-0.1, -0.05) is 34.6 Å². The largest absolute Gasteiger partial charge is 0.316 e. The molecule has 108 valence electrons. The lowest BCUT2D eigenvalue weighted by Crippen LogP contribution is -2.40. The van der Waals surface area contributed by atoms with Crippen LogP contribution in [0.4, 0.5) is 0 Å². The Morgan fingerprint density at radius 3 is 2.22 bits per heavy atom. The molecule has 1 saturated heterocycles. The molecule has 1 N–H and O–H groups in total. The van der Waals surface area contributed by atoms with E-state index < -0.39 is 0 Å². The molecule has 3 atom stereocenters. The minimum Gasteiger partial charge on any atom is -0.316 e. The second-order valence-corrected chi connectivity index (χ2v) is 7.06. The smallest absolute Gasteiger partial charge is 0.0105 e. The summed E-state index contributed by atoms with van der Waals surface area (Å²) in [6.07, 6.45) is 1.40. The molecule has 18 heavy (non-hydrogen) atoms. The Hall–Kier alpha value is -0.0800. The van der Waals surface area contributed by atoms with Crippen molar-refractivity contribution in [2.75, 3.05) is 26.2 Å². The van der Waals surface area contributed by atoms with Crippen LogP contribution < -0.4 is 5.32 Å². The van der Waals surface area contributed by atoms with Crippen LogP contribution in [0.5, 0.6) is 0 Å². The summed E-state index contributed by atoms with van der Waals surface area (Å²) >= 11 is 0. The van der Waals surface area contributed by atoms with Crippen LogP contribution in [0.3, 0.4) is 0 Å². The van der Waals surface area contributed by atoms with Gasteiger partial charge >= 0.3 is 0 Å². The van der Waals surface area contributed by atoms with Crippen molar-refractivity contribution in [3.05, 3.63) is 0 Å². The summed E-state index contributed by atoms with van der Waals surface area (Å²) in [5.74, 6) is 3.26. The van der Waals surface area contributed by atoms with Crippen LogP contribution in [0.1, 0.15) is 48.0 Å². The Bertz CT molecular complexity index is 225. The Morgan fingerprint density at radius 2 is 1.72 bits per heavy atom. The summed E-state index contributed by atoms with van der Waals surface area (Å²) in [6.45, 7) is 19.0. The molecular formula is C16H34N2. The average molecular weight is 254 g/mol. The Morgan fingerprint density at radius 1 is 1.06 bits per heavy atom. The highest BCUT2D eigenvalue weighted by molar-refractivity contribution is 4.83. The lowest BCUT2D eigenvalue weighted by Gasteiger charge is -2.30. The molecule has 0 aromatic heterocycles. The van der Waals surface area contributed by atoms with E-state index >= 15 is 0 Å². The van der Waals surface area contributed by atoms with Crippen LogP contribution in [-0.4, -0.2) is 37.1 Å². The van der Waals surface area contributed by atoms with Gasteiger partial charge in [0, 0.05) is 12.6 Å². The number of likely N-dealkylation sites (tertiary alicyclic amines) is 1. The highest BCUT2D eigenvalue weighted by Gasteiger charge is 2.29. The molecular weight excluding hydrogens is 220 g/mol. The fourth-order valence-corrected chi connectivity index (χ4v) is 2.86. The first-order valence-corrected chi connectivity index (χ1v) is 7.86. The van der Waals surface area contributed by atoms with Crippen LogP contribution in [0.2, 0.25) is 0 Å². The molecule has 0 amide bonds. The summed E-state index contributed by atoms with van der Waals surface area (Å²) in [4.78, 5) is 2.70. The Balaban J connectivity index is 2.29. The van der Waals surface area contributed by atoms with E-state index in [0.29, 0.717) is 6.04 Å². The zero-order chi connectivity index (χ0) is 13.7. The third kappa shape index (κ3) is 4.89. The SMILES string of the molecule is CC(C)CNCC(C)C(C)N1CCC(C(C)C)C1. The number of hydrogen-bond acceptors (Lipinski definition) is 2. The topological polar surface area (TPSA) is 15.3 Å². The predicted molar refractivity (Wildman–Crippen MR) is 80.9 cm³/mol. The van der Waals surface area contributed by atoms with Crippen LogP contribution in [0, 0.1) is 23.7 Å². The minimum absolute atomic E-state index is 0.716. The third-order valence-electron chi connectivity index (χ3n) is 4.62. The summed E-state index contributed by atoms with van der Waals surface area (Å²) in [7, 11) is 0. The zero-order valence-electron chi connectivity index (χ0n) is 13.4. The molecule has 0 aromatic carbocycles. The van der Waals surface area contributed by atoms with Crippen molar-refractivity contribution in [3.8, 4) is 0 Å². The molecule has 0 radical (unpaired) electrons. The molecule has 3 unspecified atom stereocenters. The van der Waals surface area contributed by atoms with Crippen molar-refractivity contribution in [1.82, 2.24) is 10.2 Å². The van der Waals surface area contributed by atoms with Crippen molar-refractivity contribution in [3.63, 3.8) is 0 Å². The van der Waals surface area contributed by atoms with Crippen molar-refractivity contribution < 1.29 is 0 Å². The summed E-state index contributed by atoms with van der Waals surface area (Å²) in [5, 5.41) is 3.60. The highest BCUT2D eigenvalue weighted by Crippen LogP contribution is 2.26. The lowest BCUT2D eigenvalue weighted by molar-refractivity contribution is 0.183. The van der Waals surface area contributed by atoms with E-state index in [1.54, 1.807) is 0 Å². The summed E-state index contributed by atoms with van der Waals surface area (Å²) in [6, 6.07) is 0.716. The molecule has 1 heterocycles. The van der Waals surface area contributed by atoms with E-state index in [4.69, 9.17) is 0 Å². The number of nitrogens with zero attached hydrogens (tertiary/aromatic N) is 1. The molecule has 1 aliphatic rings. The molecule has 0 bridgehead atoms. The summed E-state index contributed by atoms with van der Waals surface area (Å²) < 4.78 is 0. The molecule has 0 saturated carbocycles. The van der Waals surface area contributed by atoms with E-state index in [1.807, 2.05) is 0 Å². The number of rotatable bonds is 7. The van der Waals surface area contributed by atoms with Gasteiger partial charge in [0.1, 0.15) is 0 Å². The summed E-state index contributed by atoms with van der Waals surface area (Å²) in [5.41, 5.74) is 0. The Labute approximate surface area is 115 Å². The Kier molecular flexibility index (Phi) is 6.65. The van der Waals surface area contributed by atoms with Crippen LogP contribution >= 0.6 is 0 Å². The lowest BCUT2D eigenvalue weighted by atomic mass is 9.95. The third-order valence-corrected chi connectivity index (χ3v) is 4.62. The van der Waals surface area contributed by atoms with Crippen molar-refractivity contribution in [1.29, 1.82) is 0 Å². The monoisotopic (exact) mass is 254 g/mol. The van der Waals surface area contributed by atoms with Gasteiger partial charge in [-0.3, -0.25) is 0 Å².